The first-order chi connectivity index (χ1) is 9.85. The fourth-order valence-corrected chi connectivity index (χ4v) is 3.28. The zero-order chi connectivity index (χ0) is 15.2. The van der Waals surface area contributed by atoms with Crippen molar-refractivity contribution in [3.8, 4) is 0 Å². The van der Waals surface area contributed by atoms with Crippen LogP contribution in [0.15, 0.2) is 10.3 Å². The van der Waals surface area contributed by atoms with Crippen LogP contribution >= 0.6 is 11.3 Å². The van der Waals surface area contributed by atoms with Gasteiger partial charge >= 0.3 is 6.09 Å². The highest BCUT2D eigenvalue weighted by atomic mass is 32.1. The summed E-state index contributed by atoms with van der Waals surface area (Å²) < 4.78 is 6.38. The Kier molecular flexibility index (Phi) is 3.24. The molecule has 1 amide bonds. The van der Waals surface area contributed by atoms with Crippen molar-refractivity contribution < 1.29 is 9.53 Å². The Morgan fingerprint density at radius 2 is 2.19 bits per heavy atom. The summed E-state index contributed by atoms with van der Waals surface area (Å²) in [5.41, 5.74) is 3.30. The number of pyridine rings is 1. The number of aromatic amines is 1. The zero-order valence-electron chi connectivity index (χ0n) is 12.2. The van der Waals surface area contributed by atoms with E-state index in [0.717, 1.165) is 10.3 Å². The van der Waals surface area contributed by atoms with Gasteiger partial charge in [-0.15, -0.1) is 11.3 Å². The van der Waals surface area contributed by atoms with Crippen LogP contribution in [0.3, 0.4) is 0 Å². The molecule has 0 saturated carbocycles. The third-order valence-electron chi connectivity index (χ3n) is 3.34. The number of carbonyl (C=O) groups is 1. The number of hydrogen-bond donors (Lipinski definition) is 1. The summed E-state index contributed by atoms with van der Waals surface area (Å²) in [6, 6.07) is 0. The molecule has 0 fully saturated rings. The van der Waals surface area contributed by atoms with Gasteiger partial charge in [-0.1, -0.05) is 0 Å². The van der Waals surface area contributed by atoms with Crippen LogP contribution in [0.5, 0.6) is 0 Å². The van der Waals surface area contributed by atoms with E-state index in [1.54, 1.807) is 10.4 Å². The number of ether oxygens (including phenoxy) is 1. The van der Waals surface area contributed by atoms with Gasteiger partial charge in [0.15, 0.2) is 5.65 Å². The third kappa shape index (κ3) is 2.65. The van der Waals surface area contributed by atoms with Crippen LogP contribution in [0, 0.1) is 0 Å². The first-order valence-electron chi connectivity index (χ1n) is 6.80. The number of amides is 1. The molecule has 0 atom stereocenters. The van der Waals surface area contributed by atoms with Gasteiger partial charge in [0.2, 0.25) is 0 Å². The van der Waals surface area contributed by atoms with Gasteiger partial charge in [-0.05, 0) is 32.8 Å². The Labute approximate surface area is 125 Å². The molecule has 21 heavy (non-hydrogen) atoms. The van der Waals surface area contributed by atoms with E-state index in [1.165, 1.54) is 11.3 Å². The minimum Gasteiger partial charge on any atom is -0.444 e. The Balaban J connectivity index is 1.92. The molecule has 2 aromatic rings. The van der Waals surface area contributed by atoms with Crippen molar-refractivity contribution >= 4 is 27.8 Å². The summed E-state index contributed by atoms with van der Waals surface area (Å²) in [6.45, 7) is 6.33. The molecule has 1 aliphatic rings. The van der Waals surface area contributed by atoms with Crippen molar-refractivity contribution in [2.45, 2.75) is 39.3 Å². The van der Waals surface area contributed by atoms with Gasteiger partial charge < -0.3 is 14.6 Å². The first kappa shape index (κ1) is 14.1. The number of H-pyrrole nitrogens is 1. The molecule has 0 aliphatic carbocycles. The fraction of sp³-hybridized carbons (Fsp3) is 0.500. The first-order valence-corrected chi connectivity index (χ1v) is 7.68. The molecule has 0 saturated heterocycles. The Morgan fingerprint density at radius 1 is 1.43 bits per heavy atom. The Hall–Kier alpha value is -1.89. The number of rotatable bonds is 0. The Morgan fingerprint density at radius 3 is 2.90 bits per heavy atom. The number of nitrogens with zero attached hydrogens (tertiary/aromatic N) is 2. The van der Waals surface area contributed by atoms with Gasteiger partial charge in [0, 0.05) is 12.1 Å². The molecular weight excluding hydrogens is 290 g/mol. The smallest absolute Gasteiger partial charge is 0.410 e. The lowest BCUT2D eigenvalue weighted by molar-refractivity contribution is 0.0223. The lowest BCUT2D eigenvalue weighted by Gasteiger charge is -2.30. The molecule has 3 heterocycles. The van der Waals surface area contributed by atoms with Crippen molar-refractivity contribution in [3.05, 3.63) is 27.0 Å². The number of aromatic nitrogens is 2. The van der Waals surface area contributed by atoms with E-state index in [1.807, 2.05) is 20.8 Å². The van der Waals surface area contributed by atoms with Gasteiger partial charge in [0.25, 0.3) is 5.56 Å². The number of thiazole rings is 1. The largest absolute Gasteiger partial charge is 0.444 e. The second-order valence-electron chi connectivity index (χ2n) is 6.09. The lowest BCUT2D eigenvalue weighted by Crippen LogP contribution is -2.41. The summed E-state index contributed by atoms with van der Waals surface area (Å²) in [4.78, 5) is 32.8. The molecule has 7 heteroatoms. The summed E-state index contributed by atoms with van der Waals surface area (Å²) in [5, 5.41) is 0. The SMILES string of the molecule is CC(C)(C)OC(=O)N1CCc2c(c(=O)[nH]c3ncsc23)C1. The van der Waals surface area contributed by atoms with E-state index >= 15 is 0 Å². The summed E-state index contributed by atoms with van der Waals surface area (Å²) in [6.07, 6.45) is 0.272. The highest BCUT2D eigenvalue weighted by Gasteiger charge is 2.28. The van der Waals surface area contributed by atoms with Crippen molar-refractivity contribution in [2.75, 3.05) is 6.54 Å². The third-order valence-corrected chi connectivity index (χ3v) is 4.23. The van der Waals surface area contributed by atoms with Gasteiger partial charge in [0.05, 0.1) is 16.8 Å². The van der Waals surface area contributed by atoms with E-state index in [-0.39, 0.29) is 18.2 Å². The molecular formula is C14H17N3O3S. The normalized spacial score (nSPS) is 15.1. The number of nitrogens with one attached hydrogen (secondary N) is 1. The van der Waals surface area contributed by atoms with Gasteiger partial charge in [-0.25, -0.2) is 9.78 Å². The zero-order valence-corrected chi connectivity index (χ0v) is 13.0. The molecule has 2 aromatic heterocycles. The standard InChI is InChI=1S/C14H17N3O3S/c1-14(2,3)20-13(19)17-5-4-8-9(6-17)12(18)16-11-10(8)21-7-15-11/h7H,4-6H2,1-3H3,(H,16,18). The minimum absolute atomic E-state index is 0.170. The maximum atomic E-state index is 12.2. The highest BCUT2D eigenvalue weighted by Crippen LogP contribution is 2.26. The van der Waals surface area contributed by atoms with E-state index in [9.17, 15) is 9.59 Å². The van der Waals surface area contributed by atoms with Crippen molar-refractivity contribution in [2.24, 2.45) is 0 Å². The minimum atomic E-state index is -0.536. The average Bonchev–Trinajstić information content (AvgIpc) is 2.84. The van der Waals surface area contributed by atoms with Crippen molar-refractivity contribution in [1.29, 1.82) is 0 Å². The maximum absolute atomic E-state index is 12.2. The molecule has 6 nitrogen and oxygen atoms in total. The van der Waals surface area contributed by atoms with Gasteiger partial charge in [-0.3, -0.25) is 4.79 Å². The molecule has 0 spiro atoms. The van der Waals surface area contributed by atoms with E-state index in [4.69, 9.17) is 4.74 Å². The van der Waals surface area contributed by atoms with Crippen LogP contribution < -0.4 is 5.56 Å². The molecule has 0 unspecified atom stereocenters. The maximum Gasteiger partial charge on any atom is 0.410 e. The van der Waals surface area contributed by atoms with Crippen LogP contribution in [-0.2, 0) is 17.7 Å². The van der Waals surface area contributed by atoms with Crippen molar-refractivity contribution in [3.63, 3.8) is 0 Å². The molecule has 1 N–H and O–H groups in total. The predicted molar refractivity (Wildman–Crippen MR) is 80.6 cm³/mol. The Bertz CT molecular complexity index is 757. The van der Waals surface area contributed by atoms with Crippen LogP contribution in [0.25, 0.3) is 10.3 Å². The molecule has 112 valence electrons. The topological polar surface area (TPSA) is 75.3 Å². The average molecular weight is 307 g/mol. The van der Waals surface area contributed by atoms with E-state index in [2.05, 4.69) is 9.97 Å². The molecule has 1 aliphatic heterocycles. The highest BCUT2D eigenvalue weighted by molar-refractivity contribution is 7.16. The lowest BCUT2D eigenvalue weighted by atomic mass is 10.0. The molecule has 0 aromatic carbocycles. The van der Waals surface area contributed by atoms with Gasteiger partial charge in [-0.2, -0.15) is 0 Å². The number of fused-ring (bicyclic) bond motifs is 3. The van der Waals surface area contributed by atoms with Crippen LogP contribution in [0.1, 0.15) is 31.9 Å². The second-order valence-corrected chi connectivity index (χ2v) is 6.95. The summed E-state index contributed by atoms with van der Waals surface area (Å²) >= 11 is 1.51. The van der Waals surface area contributed by atoms with E-state index < -0.39 is 5.60 Å². The van der Waals surface area contributed by atoms with Crippen molar-refractivity contribution in [1.82, 2.24) is 14.9 Å². The van der Waals surface area contributed by atoms with E-state index in [0.29, 0.717) is 24.2 Å². The molecule has 3 rings (SSSR count). The number of carbonyl (C=O) groups excluding carboxylic acids is 1. The summed E-state index contributed by atoms with van der Waals surface area (Å²) in [5.74, 6) is 0. The van der Waals surface area contributed by atoms with Crippen LogP contribution in [-0.4, -0.2) is 33.1 Å². The quantitative estimate of drug-likeness (QED) is 0.810. The van der Waals surface area contributed by atoms with Gasteiger partial charge in [0.1, 0.15) is 5.60 Å². The molecule has 0 radical (unpaired) electrons. The molecule has 0 bridgehead atoms. The number of hydrogen-bond acceptors (Lipinski definition) is 5. The summed E-state index contributed by atoms with van der Waals surface area (Å²) in [7, 11) is 0. The fourth-order valence-electron chi connectivity index (χ4n) is 2.44. The second kappa shape index (κ2) is 4.84. The predicted octanol–water partition coefficient (Wildman–Crippen LogP) is 2.28. The monoisotopic (exact) mass is 307 g/mol. The van der Waals surface area contributed by atoms with Crippen LogP contribution in [0.2, 0.25) is 0 Å². The van der Waals surface area contributed by atoms with Crippen LogP contribution in [0.4, 0.5) is 4.79 Å².